The number of hydrogen-bond acceptors (Lipinski definition) is 3. The third-order valence-electron chi connectivity index (χ3n) is 2.38. The molecule has 0 bridgehead atoms. The van der Waals surface area contributed by atoms with E-state index < -0.39 is 21.6 Å². The first-order valence-electron chi connectivity index (χ1n) is 5.26. The van der Waals surface area contributed by atoms with Gasteiger partial charge in [-0.25, -0.2) is 12.8 Å². The quantitative estimate of drug-likeness (QED) is 0.735. The van der Waals surface area contributed by atoms with Gasteiger partial charge in [-0.3, -0.25) is 4.72 Å². The summed E-state index contributed by atoms with van der Waals surface area (Å²) in [6.07, 6.45) is 0. The Bertz CT molecular complexity index is 765. The van der Waals surface area contributed by atoms with Crippen LogP contribution in [0.1, 0.15) is 0 Å². The average molecular weight is 425 g/mol. The highest BCUT2D eigenvalue weighted by atomic mass is 79.9. The zero-order valence-corrected chi connectivity index (χ0v) is 13.8. The zero-order valence-electron chi connectivity index (χ0n) is 9.77. The molecular formula is C12H8Br2FNO3S. The Morgan fingerprint density at radius 3 is 2.45 bits per heavy atom. The van der Waals surface area contributed by atoms with E-state index in [4.69, 9.17) is 5.11 Å². The second-order valence-corrected chi connectivity index (χ2v) is 7.27. The maximum atomic E-state index is 13.2. The molecule has 0 spiro atoms. The summed E-state index contributed by atoms with van der Waals surface area (Å²) < 4.78 is 40.9. The van der Waals surface area contributed by atoms with Crippen molar-refractivity contribution in [2.24, 2.45) is 0 Å². The molecule has 0 fully saturated rings. The summed E-state index contributed by atoms with van der Waals surface area (Å²) in [6, 6.07) is 7.92. The van der Waals surface area contributed by atoms with E-state index in [9.17, 15) is 12.8 Å². The van der Waals surface area contributed by atoms with Crippen molar-refractivity contribution < 1.29 is 17.9 Å². The Kier molecular flexibility index (Phi) is 4.36. The zero-order chi connectivity index (χ0) is 14.9. The van der Waals surface area contributed by atoms with Gasteiger partial charge in [0.15, 0.2) is 11.6 Å². The summed E-state index contributed by atoms with van der Waals surface area (Å²) in [5, 5.41) is 9.07. The molecule has 0 saturated carbocycles. The first kappa shape index (κ1) is 15.3. The predicted molar refractivity (Wildman–Crippen MR) is 80.7 cm³/mol. The number of benzene rings is 2. The molecule has 2 N–H and O–H groups in total. The highest BCUT2D eigenvalue weighted by Gasteiger charge is 2.18. The molecule has 0 aliphatic heterocycles. The first-order chi connectivity index (χ1) is 9.29. The summed E-state index contributed by atoms with van der Waals surface area (Å²) >= 11 is 6.34. The van der Waals surface area contributed by atoms with Gasteiger partial charge in [-0.15, -0.1) is 0 Å². The second kappa shape index (κ2) is 5.71. The Morgan fingerprint density at radius 2 is 1.80 bits per heavy atom. The van der Waals surface area contributed by atoms with Crippen LogP contribution in [0, 0.1) is 5.82 Å². The predicted octanol–water partition coefficient (Wildman–Crippen LogP) is 3.86. The monoisotopic (exact) mass is 423 g/mol. The summed E-state index contributed by atoms with van der Waals surface area (Å²) in [7, 11) is -3.87. The van der Waals surface area contributed by atoms with Gasteiger partial charge in [0.05, 0.1) is 5.69 Å². The van der Waals surface area contributed by atoms with E-state index in [-0.39, 0.29) is 10.6 Å². The van der Waals surface area contributed by atoms with E-state index in [1.165, 1.54) is 12.1 Å². The number of phenolic OH excluding ortho intramolecular Hbond substituents is 1. The van der Waals surface area contributed by atoms with Crippen LogP contribution in [0.3, 0.4) is 0 Å². The van der Waals surface area contributed by atoms with Crippen LogP contribution in [0.15, 0.2) is 50.2 Å². The fraction of sp³-hybridized carbons (Fsp3) is 0. The lowest BCUT2D eigenvalue weighted by molar-refractivity contribution is 0.432. The van der Waals surface area contributed by atoms with Gasteiger partial charge in [0, 0.05) is 15.0 Å². The number of nitrogens with one attached hydrogen (secondary N) is 1. The Balaban J connectivity index is 2.40. The van der Waals surface area contributed by atoms with Crippen LogP contribution >= 0.6 is 31.9 Å². The molecule has 0 unspecified atom stereocenters. The molecule has 0 aliphatic rings. The number of aromatic hydroxyl groups is 1. The molecule has 0 saturated heterocycles. The number of phenols is 1. The van der Waals surface area contributed by atoms with Gasteiger partial charge < -0.3 is 5.11 Å². The number of halogens is 3. The molecule has 0 atom stereocenters. The number of hydrogen-bond donors (Lipinski definition) is 2. The van der Waals surface area contributed by atoms with Gasteiger partial charge >= 0.3 is 0 Å². The molecule has 106 valence electrons. The van der Waals surface area contributed by atoms with Crippen LogP contribution in [0.5, 0.6) is 5.75 Å². The highest BCUT2D eigenvalue weighted by Crippen LogP contribution is 2.28. The van der Waals surface area contributed by atoms with E-state index in [1.807, 2.05) is 0 Å². The van der Waals surface area contributed by atoms with Crippen molar-refractivity contribution in [2.45, 2.75) is 4.90 Å². The van der Waals surface area contributed by atoms with Crippen molar-refractivity contribution >= 4 is 47.6 Å². The normalized spacial score (nSPS) is 11.3. The van der Waals surface area contributed by atoms with E-state index >= 15 is 0 Å². The Labute approximate surface area is 131 Å². The smallest absolute Gasteiger partial charge is 0.263 e. The minimum atomic E-state index is -3.87. The van der Waals surface area contributed by atoms with Crippen molar-refractivity contribution in [2.75, 3.05) is 4.72 Å². The van der Waals surface area contributed by atoms with Crippen LogP contribution in [0.4, 0.5) is 10.1 Å². The van der Waals surface area contributed by atoms with Gasteiger partial charge in [-0.2, -0.15) is 0 Å². The van der Waals surface area contributed by atoms with Crippen molar-refractivity contribution in [3.8, 4) is 5.75 Å². The van der Waals surface area contributed by atoms with Gasteiger partial charge in [-0.05, 0) is 46.3 Å². The van der Waals surface area contributed by atoms with Crippen LogP contribution in [-0.2, 0) is 10.0 Å². The fourth-order valence-corrected chi connectivity index (χ4v) is 4.02. The molecule has 2 rings (SSSR count). The van der Waals surface area contributed by atoms with E-state index in [0.717, 1.165) is 12.1 Å². The molecular weight excluding hydrogens is 417 g/mol. The van der Waals surface area contributed by atoms with Crippen LogP contribution < -0.4 is 4.72 Å². The fourth-order valence-electron chi connectivity index (χ4n) is 1.46. The van der Waals surface area contributed by atoms with E-state index in [1.54, 1.807) is 12.1 Å². The molecule has 20 heavy (non-hydrogen) atoms. The number of rotatable bonds is 3. The van der Waals surface area contributed by atoms with Gasteiger partial charge in [-0.1, -0.05) is 15.9 Å². The maximum absolute atomic E-state index is 13.2. The Morgan fingerprint density at radius 1 is 1.10 bits per heavy atom. The minimum Gasteiger partial charge on any atom is -0.505 e. The van der Waals surface area contributed by atoms with E-state index in [2.05, 4.69) is 36.6 Å². The molecule has 0 amide bonds. The van der Waals surface area contributed by atoms with Crippen molar-refractivity contribution in [3.05, 3.63) is 51.2 Å². The van der Waals surface area contributed by atoms with Gasteiger partial charge in [0.25, 0.3) is 10.0 Å². The lowest BCUT2D eigenvalue weighted by Crippen LogP contribution is -2.13. The number of anilines is 1. The molecule has 0 aliphatic carbocycles. The standard InChI is InChI=1S/C12H8Br2FNO3S/c13-7-1-3-9(14)12(5-7)20(18,19)16-8-2-4-11(17)10(15)6-8/h1-6,16-17H. The SMILES string of the molecule is O=S(=O)(Nc1ccc(O)c(F)c1)c1cc(Br)ccc1Br. The summed E-state index contributed by atoms with van der Waals surface area (Å²) in [6.45, 7) is 0. The summed E-state index contributed by atoms with van der Waals surface area (Å²) in [5.41, 5.74) is 0.0205. The summed E-state index contributed by atoms with van der Waals surface area (Å²) in [5.74, 6) is -1.45. The topological polar surface area (TPSA) is 66.4 Å². The highest BCUT2D eigenvalue weighted by molar-refractivity contribution is 9.11. The molecule has 2 aromatic rings. The minimum absolute atomic E-state index is 0.0142. The molecule has 8 heteroatoms. The largest absolute Gasteiger partial charge is 0.505 e. The summed E-state index contributed by atoms with van der Waals surface area (Å²) in [4.78, 5) is 0.0142. The maximum Gasteiger partial charge on any atom is 0.263 e. The molecule has 0 radical (unpaired) electrons. The third kappa shape index (κ3) is 3.31. The molecule has 4 nitrogen and oxygen atoms in total. The Hall–Kier alpha value is -1.12. The lowest BCUT2D eigenvalue weighted by Gasteiger charge is -2.10. The van der Waals surface area contributed by atoms with Crippen LogP contribution in [-0.4, -0.2) is 13.5 Å². The van der Waals surface area contributed by atoms with Crippen molar-refractivity contribution in [1.82, 2.24) is 0 Å². The molecule has 0 aromatic heterocycles. The molecule has 0 heterocycles. The first-order valence-corrected chi connectivity index (χ1v) is 8.33. The van der Waals surface area contributed by atoms with Crippen LogP contribution in [0.2, 0.25) is 0 Å². The average Bonchev–Trinajstić information content (AvgIpc) is 2.36. The van der Waals surface area contributed by atoms with Gasteiger partial charge in [0.1, 0.15) is 4.90 Å². The van der Waals surface area contributed by atoms with Gasteiger partial charge in [0.2, 0.25) is 0 Å². The van der Waals surface area contributed by atoms with Crippen molar-refractivity contribution in [3.63, 3.8) is 0 Å². The van der Waals surface area contributed by atoms with Crippen molar-refractivity contribution in [1.29, 1.82) is 0 Å². The lowest BCUT2D eigenvalue weighted by atomic mass is 10.3. The second-order valence-electron chi connectivity index (χ2n) is 3.85. The number of sulfonamides is 1. The van der Waals surface area contributed by atoms with Crippen LogP contribution in [0.25, 0.3) is 0 Å². The molecule has 2 aromatic carbocycles. The third-order valence-corrected chi connectivity index (χ3v) is 5.25. The van der Waals surface area contributed by atoms with E-state index in [0.29, 0.717) is 8.95 Å².